The van der Waals surface area contributed by atoms with Crippen molar-refractivity contribution in [2.45, 2.75) is 12.3 Å². The van der Waals surface area contributed by atoms with Crippen LogP contribution in [0.2, 0.25) is 0 Å². The lowest BCUT2D eigenvalue weighted by atomic mass is 9.92. The lowest BCUT2D eigenvalue weighted by Crippen LogP contribution is -2.25. The number of aromatic hydroxyl groups is 1. The van der Waals surface area contributed by atoms with Gasteiger partial charge in [-0.05, 0) is 17.7 Å². The molecule has 8 heteroatoms. The second kappa shape index (κ2) is 5.17. The first-order valence-electron chi connectivity index (χ1n) is 6.48. The second-order valence-electron chi connectivity index (χ2n) is 4.91. The topological polar surface area (TPSA) is 70.0 Å². The van der Waals surface area contributed by atoms with Gasteiger partial charge in [0.15, 0.2) is 0 Å². The minimum Gasteiger partial charge on any atom is -0.507 e. The van der Waals surface area contributed by atoms with E-state index in [4.69, 9.17) is 0 Å². The molecular formula is C15H10F3NO4. The first-order chi connectivity index (χ1) is 10.8. The average Bonchev–Trinajstić information content (AvgIpc) is 2.71. The number of para-hydroxylation sites is 1. The summed E-state index contributed by atoms with van der Waals surface area (Å²) in [5, 5.41) is 20.2. The molecule has 1 amide bonds. The maximum Gasteiger partial charge on any atom is 0.573 e. The van der Waals surface area contributed by atoms with Crippen LogP contribution in [0.25, 0.3) is 0 Å². The number of hydrogen-bond acceptors (Lipinski definition) is 4. The average molecular weight is 325 g/mol. The number of anilines is 1. The summed E-state index contributed by atoms with van der Waals surface area (Å²) in [6, 6.07) is 9.32. The normalized spacial score (nSPS) is 17.3. The van der Waals surface area contributed by atoms with E-state index in [9.17, 15) is 28.3 Å². The van der Waals surface area contributed by atoms with Gasteiger partial charge in [-0.2, -0.15) is 5.06 Å². The molecule has 1 aliphatic heterocycles. The van der Waals surface area contributed by atoms with Crippen LogP contribution in [0.4, 0.5) is 18.9 Å². The van der Waals surface area contributed by atoms with Crippen molar-refractivity contribution in [3.05, 3.63) is 53.6 Å². The van der Waals surface area contributed by atoms with Crippen molar-refractivity contribution in [3.8, 4) is 11.5 Å². The van der Waals surface area contributed by atoms with Crippen molar-refractivity contribution in [2.24, 2.45) is 0 Å². The van der Waals surface area contributed by atoms with Crippen LogP contribution < -0.4 is 9.80 Å². The van der Waals surface area contributed by atoms with E-state index < -0.39 is 29.7 Å². The second-order valence-corrected chi connectivity index (χ2v) is 4.91. The Hall–Kier alpha value is -2.74. The summed E-state index contributed by atoms with van der Waals surface area (Å²) in [5.41, 5.74) is 0.783. The quantitative estimate of drug-likeness (QED) is 0.832. The molecule has 5 nitrogen and oxygen atoms in total. The SMILES string of the molecule is O=C1C(c2ccc(OC(F)(F)F)cc2O)c2ccccc2N1O. The predicted molar refractivity (Wildman–Crippen MR) is 72.3 cm³/mol. The van der Waals surface area contributed by atoms with Gasteiger partial charge < -0.3 is 9.84 Å². The molecule has 2 N–H and O–H groups in total. The molecule has 120 valence electrons. The molecule has 1 heterocycles. The zero-order valence-corrected chi connectivity index (χ0v) is 11.4. The first kappa shape index (κ1) is 15.2. The van der Waals surface area contributed by atoms with E-state index in [2.05, 4.69) is 4.74 Å². The zero-order chi connectivity index (χ0) is 16.8. The molecule has 0 bridgehead atoms. The minimum atomic E-state index is -4.88. The van der Waals surface area contributed by atoms with Crippen LogP contribution in [0, 0.1) is 0 Å². The number of carbonyl (C=O) groups excluding carboxylic acids is 1. The lowest BCUT2D eigenvalue weighted by Gasteiger charge is -2.14. The maximum atomic E-state index is 12.2. The summed E-state index contributed by atoms with van der Waals surface area (Å²) in [6.45, 7) is 0. The third kappa shape index (κ3) is 2.68. The zero-order valence-electron chi connectivity index (χ0n) is 11.4. The molecule has 1 atom stereocenters. The Balaban J connectivity index is 2.01. The van der Waals surface area contributed by atoms with Crippen LogP contribution in [-0.2, 0) is 4.79 Å². The van der Waals surface area contributed by atoms with Crippen molar-refractivity contribution in [2.75, 3.05) is 5.06 Å². The third-order valence-electron chi connectivity index (χ3n) is 3.48. The maximum absolute atomic E-state index is 12.2. The largest absolute Gasteiger partial charge is 0.573 e. The van der Waals surface area contributed by atoms with Gasteiger partial charge in [0.1, 0.15) is 11.5 Å². The van der Waals surface area contributed by atoms with Crippen molar-refractivity contribution in [1.29, 1.82) is 0 Å². The first-order valence-corrected chi connectivity index (χ1v) is 6.48. The number of halogens is 3. The van der Waals surface area contributed by atoms with Crippen molar-refractivity contribution < 1.29 is 33.0 Å². The summed E-state index contributed by atoms with van der Waals surface area (Å²) < 4.78 is 40.3. The Morgan fingerprint density at radius 3 is 2.43 bits per heavy atom. The number of benzene rings is 2. The predicted octanol–water partition coefficient (Wildman–Crippen LogP) is 3.16. The summed E-state index contributed by atoms with van der Waals surface area (Å²) in [7, 11) is 0. The number of phenolic OH excluding ortho intramolecular Hbond substituents is 1. The molecule has 1 unspecified atom stereocenters. The summed E-state index contributed by atoms with van der Waals surface area (Å²) in [5.74, 6) is -2.84. The minimum absolute atomic E-state index is 0.0773. The van der Waals surface area contributed by atoms with Crippen LogP contribution in [0.3, 0.4) is 0 Å². The highest BCUT2D eigenvalue weighted by molar-refractivity contribution is 6.05. The molecular weight excluding hydrogens is 315 g/mol. The summed E-state index contributed by atoms with van der Waals surface area (Å²) >= 11 is 0. The number of hydrogen-bond donors (Lipinski definition) is 2. The Bertz CT molecular complexity index is 776. The van der Waals surface area contributed by atoms with Crippen molar-refractivity contribution >= 4 is 11.6 Å². The number of phenols is 1. The van der Waals surface area contributed by atoms with E-state index in [-0.39, 0.29) is 11.3 Å². The molecule has 0 saturated carbocycles. The van der Waals surface area contributed by atoms with Gasteiger partial charge in [0, 0.05) is 11.6 Å². The molecule has 0 aromatic heterocycles. The van der Waals surface area contributed by atoms with Crippen LogP contribution in [0.15, 0.2) is 42.5 Å². The van der Waals surface area contributed by atoms with E-state index in [1.807, 2.05) is 0 Å². The number of ether oxygens (including phenoxy) is 1. The fourth-order valence-electron chi connectivity index (χ4n) is 2.56. The number of carbonyl (C=O) groups is 1. The van der Waals surface area contributed by atoms with Gasteiger partial charge in [-0.1, -0.05) is 24.3 Å². The summed E-state index contributed by atoms with van der Waals surface area (Å²) in [6.07, 6.45) is -4.88. The number of fused-ring (bicyclic) bond motifs is 1. The standard InChI is InChI=1S/C15H10F3NO4/c16-15(17,18)23-8-5-6-10(12(20)7-8)13-9-3-1-2-4-11(9)19(22)14(13)21/h1-7,13,20,22H. The molecule has 0 fully saturated rings. The van der Waals surface area contributed by atoms with Gasteiger partial charge in [0.2, 0.25) is 0 Å². The van der Waals surface area contributed by atoms with E-state index in [0.717, 1.165) is 18.2 Å². The Morgan fingerprint density at radius 2 is 1.78 bits per heavy atom. The van der Waals surface area contributed by atoms with Crippen LogP contribution in [0.1, 0.15) is 17.0 Å². The highest BCUT2D eigenvalue weighted by Gasteiger charge is 2.39. The Kier molecular flexibility index (Phi) is 3.41. The highest BCUT2D eigenvalue weighted by Crippen LogP contribution is 2.43. The third-order valence-corrected chi connectivity index (χ3v) is 3.48. The van der Waals surface area contributed by atoms with Crippen molar-refractivity contribution in [1.82, 2.24) is 0 Å². The van der Waals surface area contributed by atoms with Gasteiger partial charge in [0.05, 0.1) is 11.6 Å². The van der Waals surface area contributed by atoms with Gasteiger partial charge >= 0.3 is 6.36 Å². The molecule has 0 saturated heterocycles. The van der Waals surface area contributed by atoms with E-state index in [0.29, 0.717) is 10.6 Å². The fraction of sp³-hybridized carbons (Fsp3) is 0.133. The van der Waals surface area contributed by atoms with Crippen molar-refractivity contribution in [3.63, 3.8) is 0 Å². The summed E-state index contributed by atoms with van der Waals surface area (Å²) in [4.78, 5) is 12.2. The van der Waals surface area contributed by atoms with E-state index in [1.54, 1.807) is 18.2 Å². The van der Waals surface area contributed by atoms with Gasteiger partial charge in [-0.3, -0.25) is 10.0 Å². The molecule has 23 heavy (non-hydrogen) atoms. The molecule has 2 aromatic rings. The van der Waals surface area contributed by atoms with Gasteiger partial charge in [0.25, 0.3) is 5.91 Å². The number of hydroxylamine groups is 1. The number of nitrogens with zero attached hydrogens (tertiary/aromatic N) is 1. The number of amides is 1. The molecule has 0 aliphatic carbocycles. The van der Waals surface area contributed by atoms with Crippen LogP contribution in [0.5, 0.6) is 11.5 Å². The highest BCUT2D eigenvalue weighted by atomic mass is 19.4. The van der Waals surface area contributed by atoms with Gasteiger partial charge in [-0.25, -0.2) is 0 Å². The smallest absolute Gasteiger partial charge is 0.507 e. The fourth-order valence-corrected chi connectivity index (χ4v) is 2.56. The van der Waals surface area contributed by atoms with Crippen LogP contribution >= 0.6 is 0 Å². The number of rotatable bonds is 2. The molecule has 0 radical (unpaired) electrons. The molecule has 1 aliphatic rings. The Labute approximate surface area is 128 Å². The van der Waals surface area contributed by atoms with E-state index >= 15 is 0 Å². The molecule has 0 spiro atoms. The lowest BCUT2D eigenvalue weighted by molar-refractivity contribution is -0.274. The van der Waals surface area contributed by atoms with Crippen LogP contribution in [-0.4, -0.2) is 22.6 Å². The molecule has 2 aromatic carbocycles. The van der Waals surface area contributed by atoms with Gasteiger partial charge in [-0.15, -0.1) is 13.2 Å². The monoisotopic (exact) mass is 325 g/mol. The van der Waals surface area contributed by atoms with E-state index in [1.165, 1.54) is 6.07 Å². The number of alkyl halides is 3. The Morgan fingerprint density at radius 1 is 1.09 bits per heavy atom. The molecule has 3 rings (SSSR count).